The van der Waals surface area contributed by atoms with Crippen molar-refractivity contribution in [2.45, 2.75) is 71.8 Å². The molecule has 2 atom stereocenters. The van der Waals surface area contributed by atoms with E-state index in [0.29, 0.717) is 6.42 Å². The summed E-state index contributed by atoms with van der Waals surface area (Å²) in [4.78, 5) is 23.4. The standard InChI is InChI=1S/C14H27NO3/c1-5-8-9-11(7-3)12(16)15-14(4,10-6-2)13(17)18/h11H,5-10H2,1-4H3,(H,15,16)(H,17,18). The monoisotopic (exact) mass is 257 g/mol. The molecular formula is C14H27NO3. The second-order valence-electron chi connectivity index (χ2n) is 5.12. The third kappa shape index (κ3) is 5.07. The molecule has 2 unspecified atom stereocenters. The summed E-state index contributed by atoms with van der Waals surface area (Å²) in [6.07, 6.45) is 4.83. The molecule has 2 N–H and O–H groups in total. The largest absolute Gasteiger partial charge is 0.480 e. The summed E-state index contributed by atoms with van der Waals surface area (Å²) in [6, 6.07) is 0. The quantitative estimate of drug-likeness (QED) is 0.667. The average Bonchev–Trinajstić information content (AvgIpc) is 2.30. The number of hydrogen-bond donors (Lipinski definition) is 2. The SMILES string of the molecule is CCCCC(CC)C(=O)NC(C)(CCC)C(=O)O. The molecule has 0 spiro atoms. The Bertz CT molecular complexity index is 278. The van der Waals surface area contributed by atoms with Gasteiger partial charge in [0.25, 0.3) is 0 Å². The number of aliphatic carboxylic acids is 1. The van der Waals surface area contributed by atoms with Crippen LogP contribution in [0.1, 0.15) is 66.2 Å². The molecule has 18 heavy (non-hydrogen) atoms. The molecule has 0 saturated carbocycles. The molecule has 0 aromatic carbocycles. The molecule has 106 valence electrons. The Balaban J connectivity index is 4.61. The van der Waals surface area contributed by atoms with Crippen molar-refractivity contribution >= 4 is 11.9 Å². The predicted octanol–water partition coefficient (Wildman–Crippen LogP) is 2.96. The van der Waals surface area contributed by atoms with Gasteiger partial charge in [0.1, 0.15) is 5.54 Å². The lowest BCUT2D eigenvalue weighted by molar-refractivity contribution is -0.148. The Morgan fingerprint density at radius 1 is 1.22 bits per heavy atom. The topological polar surface area (TPSA) is 66.4 Å². The minimum absolute atomic E-state index is 0.0690. The molecule has 4 nitrogen and oxygen atoms in total. The van der Waals surface area contributed by atoms with Crippen LogP contribution in [0, 0.1) is 5.92 Å². The summed E-state index contributed by atoms with van der Waals surface area (Å²) in [5, 5.41) is 11.9. The molecule has 0 aliphatic carbocycles. The van der Waals surface area contributed by atoms with E-state index in [1.54, 1.807) is 6.92 Å². The van der Waals surface area contributed by atoms with E-state index < -0.39 is 11.5 Å². The van der Waals surface area contributed by atoms with Crippen molar-refractivity contribution in [3.05, 3.63) is 0 Å². The van der Waals surface area contributed by atoms with Crippen LogP contribution in [-0.4, -0.2) is 22.5 Å². The first-order valence-corrected chi connectivity index (χ1v) is 6.96. The van der Waals surface area contributed by atoms with E-state index in [9.17, 15) is 14.7 Å². The maximum atomic E-state index is 12.1. The summed E-state index contributed by atoms with van der Waals surface area (Å²) in [7, 11) is 0. The molecule has 0 aromatic rings. The summed E-state index contributed by atoms with van der Waals surface area (Å²) < 4.78 is 0. The Morgan fingerprint density at radius 3 is 2.22 bits per heavy atom. The van der Waals surface area contributed by atoms with Crippen molar-refractivity contribution < 1.29 is 14.7 Å². The van der Waals surface area contributed by atoms with Crippen LogP contribution in [0.2, 0.25) is 0 Å². The number of unbranched alkanes of at least 4 members (excludes halogenated alkanes) is 1. The van der Waals surface area contributed by atoms with Gasteiger partial charge in [-0.15, -0.1) is 0 Å². The number of nitrogens with one attached hydrogen (secondary N) is 1. The van der Waals surface area contributed by atoms with Crippen LogP contribution < -0.4 is 5.32 Å². The zero-order valence-corrected chi connectivity index (χ0v) is 12.1. The van der Waals surface area contributed by atoms with Crippen LogP contribution in [0.5, 0.6) is 0 Å². The maximum absolute atomic E-state index is 12.1. The Hall–Kier alpha value is -1.06. The minimum atomic E-state index is -1.13. The predicted molar refractivity (Wildman–Crippen MR) is 72.4 cm³/mol. The van der Waals surface area contributed by atoms with Gasteiger partial charge < -0.3 is 10.4 Å². The van der Waals surface area contributed by atoms with Gasteiger partial charge in [-0.05, 0) is 26.2 Å². The van der Waals surface area contributed by atoms with Crippen molar-refractivity contribution in [2.75, 3.05) is 0 Å². The van der Waals surface area contributed by atoms with Crippen LogP contribution in [0.15, 0.2) is 0 Å². The van der Waals surface area contributed by atoms with Crippen molar-refractivity contribution in [1.82, 2.24) is 5.32 Å². The molecule has 0 heterocycles. The van der Waals surface area contributed by atoms with Gasteiger partial charge in [-0.3, -0.25) is 4.79 Å². The van der Waals surface area contributed by atoms with Gasteiger partial charge in [0.05, 0.1) is 0 Å². The molecule has 0 fully saturated rings. The zero-order chi connectivity index (χ0) is 14.2. The summed E-state index contributed by atoms with van der Waals surface area (Å²) in [5.74, 6) is -1.15. The van der Waals surface area contributed by atoms with Crippen molar-refractivity contribution in [3.8, 4) is 0 Å². The Morgan fingerprint density at radius 2 is 1.83 bits per heavy atom. The van der Waals surface area contributed by atoms with Crippen LogP contribution in [0.25, 0.3) is 0 Å². The lowest BCUT2D eigenvalue weighted by Crippen LogP contribution is -2.53. The van der Waals surface area contributed by atoms with Gasteiger partial charge in [0.15, 0.2) is 0 Å². The fourth-order valence-corrected chi connectivity index (χ4v) is 2.07. The molecule has 0 aromatic heterocycles. The second kappa shape index (κ2) is 8.11. The molecule has 1 amide bonds. The number of carbonyl (C=O) groups excluding carboxylic acids is 1. The van der Waals surface area contributed by atoms with Gasteiger partial charge in [-0.1, -0.05) is 40.0 Å². The van der Waals surface area contributed by atoms with E-state index in [2.05, 4.69) is 12.2 Å². The number of hydrogen-bond acceptors (Lipinski definition) is 2. The third-order valence-electron chi connectivity index (χ3n) is 3.39. The first kappa shape index (κ1) is 16.9. The van der Waals surface area contributed by atoms with E-state index in [4.69, 9.17) is 0 Å². The Labute approximate surface area is 110 Å². The maximum Gasteiger partial charge on any atom is 0.329 e. The highest BCUT2D eigenvalue weighted by Gasteiger charge is 2.35. The fraction of sp³-hybridized carbons (Fsp3) is 0.857. The van der Waals surface area contributed by atoms with E-state index in [1.807, 2.05) is 13.8 Å². The normalized spacial score (nSPS) is 15.8. The minimum Gasteiger partial charge on any atom is -0.480 e. The van der Waals surface area contributed by atoms with E-state index in [-0.39, 0.29) is 11.8 Å². The van der Waals surface area contributed by atoms with E-state index in [1.165, 1.54) is 0 Å². The third-order valence-corrected chi connectivity index (χ3v) is 3.39. The lowest BCUT2D eigenvalue weighted by Gasteiger charge is -2.28. The van der Waals surface area contributed by atoms with Crippen molar-refractivity contribution in [1.29, 1.82) is 0 Å². The fourth-order valence-electron chi connectivity index (χ4n) is 2.07. The number of amides is 1. The molecular weight excluding hydrogens is 230 g/mol. The molecule has 0 saturated heterocycles. The van der Waals surface area contributed by atoms with Crippen LogP contribution in [0.4, 0.5) is 0 Å². The molecule has 0 radical (unpaired) electrons. The number of rotatable bonds is 9. The van der Waals surface area contributed by atoms with Gasteiger partial charge in [-0.2, -0.15) is 0 Å². The smallest absolute Gasteiger partial charge is 0.329 e. The highest BCUT2D eigenvalue weighted by atomic mass is 16.4. The zero-order valence-electron chi connectivity index (χ0n) is 12.1. The van der Waals surface area contributed by atoms with E-state index >= 15 is 0 Å². The van der Waals surface area contributed by atoms with E-state index in [0.717, 1.165) is 32.1 Å². The molecule has 4 heteroatoms. The number of carboxylic acid groups (broad SMARTS) is 1. The van der Waals surface area contributed by atoms with Crippen molar-refractivity contribution in [2.24, 2.45) is 5.92 Å². The second-order valence-corrected chi connectivity index (χ2v) is 5.12. The van der Waals surface area contributed by atoms with Crippen LogP contribution >= 0.6 is 0 Å². The first-order chi connectivity index (χ1) is 8.41. The number of carboxylic acids is 1. The molecule has 0 aliphatic heterocycles. The highest BCUT2D eigenvalue weighted by molar-refractivity contribution is 5.87. The summed E-state index contributed by atoms with van der Waals surface area (Å²) in [5.41, 5.74) is -1.13. The summed E-state index contributed by atoms with van der Waals surface area (Å²) in [6.45, 7) is 7.56. The summed E-state index contributed by atoms with van der Waals surface area (Å²) >= 11 is 0. The average molecular weight is 257 g/mol. The highest BCUT2D eigenvalue weighted by Crippen LogP contribution is 2.17. The molecule has 0 aliphatic rings. The van der Waals surface area contributed by atoms with Gasteiger partial charge in [0, 0.05) is 5.92 Å². The molecule has 0 rings (SSSR count). The lowest BCUT2D eigenvalue weighted by atomic mass is 9.92. The van der Waals surface area contributed by atoms with Crippen molar-refractivity contribution in [3.63, 3.8) is 0 Å². The van der Waals surface area contributed by atoms with Crippen LogP contribution in [0.3, 0.4) is 0 Å². The Kier molecular flexibility index (Phi) is 7.64. The van der Waals surface area contributed by atoms with Crippen LogP contribution in [-0.2, 0) is 9.59 Å². The number of carbonyl (C=O) groups is 2. The van der Waals surface area contributed by atoms with Gasteiger partial charge in [0.2, 0.25) is 5.91 Å². The van der Waals surface area contributed by atoms with Gasteiger partial charge in [-0.25, -0.2) is 4.79 Å². The van der Waals surface area contributed by atoms with Gasteiger partial charge >= 0.3 is 5.97 Å². The first-order valence-electron chi connectivity index (χ1n) is 6.96. The molecule has 0 bridgehead atoms.